The van der Waals surface area contributed by atoms with Crippen LogP contribution in [0.15, 0.2) is 24.3 Å². The Hall–Kier alpha value is -1.55. The van der Waals surface area contributed by atoms with E-state index >= 15 is 0 Å². The van der Waals surface area contributed by atoms with Crippen molar-refractivity contribution < 1.29 is 19.4 Å². The first-order valence-electron chi connectivity index (χ1n) is 5.58. The lowest BCUT2D eigenvalue weighted by Gasteiger charge is -2.14. The lowest BCUT2D eigenvalue weighted by atomic mass is 10.1. The van der Waals surface area contributed by atoms with Crippen LogP contribution in [0.5, 0.6) is 5.75 Å². The summed E-state index contributed by atoms with van der Waals surface area (Å²) in [7, 11) is 1.65. The first kappa shape index (κ1) is 13.5. The van der Waals surface area contributed by atoms with Gasteiger partial charge in [-0.15, -0.1) is 0 Å². The maximum Gasteiger partial charge on any atom is 0.307 e. The summed E-state index contributed by atoms with van der Waals surface area (Å²) in [6.45, 7) is 2.61. The maximum absolute atomic E-state index is 10.6. The van der Waals surface area contributed by atoms with Crippen LogP contribution in [-0.2, 0) is 16.0 Å². The van der Waals surface area contributed by atoms with E-state index in [1.54, 1.807) is 25.3 Å². The molecule has 1 unspecified atom stereocenters. The van der Waals surface area contributed by atoms with Gasteiger partial charge in [0, 0.05) is 20.1 Å². The van der Waals surface area contributed by atoms with Crippen LogP contribution in [0.4, 0.5) is 0 Å². The SMILES string of the molecule is COCCC(C)Oc1cccc(CC(=O)O)c1. The number of rotatable bonds is 7. The van der Waals surface area contributed by atoms with E-state index < -0.39 is 5.97 Å². The van der Waals surface area contributed by atoms with Crippen molar-refractivity contribution >= 4 is 5.97 Å². The third kappa shape index (κ3) is 5.36. The van der Waals surface area contributed by atoms with Crippen LogP contribution in [-0.4, -0.2) is 30.9 Å². The highest BCUT2D eigenvalue weighted by molar-refractivity contribution is 5.70. The summed E-state index contributed by atoms with van der Waals surface area (Å²) in [6, 6.07) is 7.17. The van der Waals surface area contributed by atoms with E-state index in [0.717, 1.165) is 12.0 Å². The van der Waals surface area contributed by atoms with Gasteiger partial charge in [-0.1, -0.05) is 12.1 Å². The summed E-state index contributed by atoms with van der Waals surface area (Å²) < 4.78 is 10.6. The number of hydrogen-bond acceptors (Lipinski definition) is 3. The van der Waals surface area contributed by atoms with Crippen molar-refractivity contribution in [3.8, 4) is 5.75 Å². The number of aliphatic carboxylic acids is 1. The molecule has 1 N–H and O–H groups in total. The zero-order valence-corrected chi connectivity index (χ0v) is 10.2. The van der Waals surface area contributed by atoms with Gasteiger partial charge in [-0.3, -0.25) is 4.79 Å². The minimum Gasteiger partial charge on any atom is -0.491 e. The van der Waals surface area contributed by atoms with Crippen LogP contribution in [0.2, 0.25) is 0 Å². The zero-order valence-electron chi connectivity index (χ0n) is 10.2. The summed E-state index contributed by atoms with van der Waals surface area (Å²) >= 11 is 0. The molecule has 4 heteroatoms. The van der Waals surface area contributed by atoms with E-state index in [0.29, 0.717) is 12.4 Å². The molecule has 0 aromatic heterocycles. The fourth-order valence-electron chi connectivity index (χ4n) is 1.48. The van der Waals surface area contributed by atoms with Crippen LogP contribution in [0.3, 0.4) is 0 Å². The molecule has 1 aromatic carbocycles. The number of methoxy groups -OCH3 is 1. The second-order valence-electron chi connectivity index (χ2n) is 3.93. The number of carboxylic acids is 1. The van der Waals surface area contributed by atoms with Crippen molar-refractivity contribution in [2.45, 2.75) is 25.9 Å². The van der Waals surface area contributed by atoms with Crippen molar-refractivity contribution in [2.75, 3.05) is 13.7 Å². The molecule has 0 saturated heterocycles. The lowest BCUT2D eigenvalue weighted by Crippen LogP contribution is -2.14. The summed E-state index contributed by atoms with van der Waals surface area (Å²) in [6.07, 6.45) is 0.874. The van der Waals surface area contributed by atoms with Gasteiger partial charge in [0.05, 0.1) is 12.5 Å². The highest BCUT2D eigenvalue weighted by Gasteiger charge is 2.06. The van der Waals surface area contributed by atoms with E-state index in [1.807, 2.05) is 13.0 Å². The second kappa shape index (κ2) is 6.91. The summed E-state index contributed by atoms with van der Waals surface area (Å²) in [5, 5.41) is 8.70. The molecule has 0 fully saturated rings. The summed E-state index contributed by atoms with van der Waals surface area (Å²) in [5.41, 5.74) is 0.744. The molecule has 4 nitrogen and oxygen atoms in total. The Balaban J connectivity index is 2.55. The molecule has 17 heavy (non-hydrogen) atoms. The Morgan fingerprint density at radius 2 is 2.24 bits per heavy atom. The van der Waals surface area contributed by atoms with Gasteiger partial charge in [-0.25, -0.2) is 0 Å². The molecule has 0 saturated carbocycles. The van der Waals surface area contributed by atoms with Crippen molar-refractivity contribution in [2.24, 2.45) is 0 Å². The van der Waals surface area contributed by atoms with Gasteiger partial charge in [-0.05, 0) is 24.6 Å². The molecule has 0 radical (unpaired) electrons. The Kier molecular flexibility index (Phi) is 5.49. The van der Waals surface area contributed by atoms with Crippen LogP contribution >= 0.6 is 0 Å². The van der Waals surface area contributed by atoms with Crippen molar-refractivity contribution in [1.82, 2.24) is 0 Å². The molecule has 1 aromatic rings. The van der Waals surface area contributed by atoms with Crippen molar-refractivity contribution in [3.63, 3.8) is 0 Å². The largest absolute Gasteiger partial charge is 0.491 e. The van der Waals surface area contributed by atoms with Crippen LogP contribution < -0.4 is 4.74 Å². The molecule has 1 atom stereocenters. The molecule has 0 aliphatic rings. The first-order valence-corrected chi connectivity index (χ1v) is 5.58. The number of hydrogen-bond donors (Lipinski definition) is 1. The standard InChI is InChI=1S/C13H18O4/c1-10(6-7-16-2)17-12-5-3-4-11(8-12)9-13(14)15/h3-5,8,10H,6-7,9H2,1-2H3,(H,14,15). The van der Waals surface area contributed by atoms with Gasteiger partial charge in [0.1, 0.15) is 5.75 Å². The first-order chi connectivity index (χ1) is 8.11. The zero-order chi connectivity index (χ0) is 12.7. The van der Waals surface area contributed by atoms with Crippen molar-refractivity contribution in [1.29, 1.82) is 0 Å². The molecular formula is C13H18O4. The Morgan fingerprint density at radius 3 is 2.88 bits per heavy atom. The fraction of sp³-hybridized carbons (Fsp3) is 0.462. The monoisotopic (exact) mass is 238 g/mol. The highest BCUT2D eigenvalue weighted by Crippen LogP contribution is 2.16. The molecule has 0 spiro atoms. The van der Waals surface area contributed by atoms with E-state index in [9.17, 15) is 4.79 Å². The smallest absolute Gasteiger partial charge is 0.307 e. The molecule has 1 rings (SSSR count). The molecule has 94 valence electrons. The Morgan fingerprint density at radius 1 is 1.47 bits per heavy atom. The topological polar surface area (TPSA) is 55.8 Å². The third-order valence-corrected chi connectivity index (χ3v) is 2.32. The molecule has 0 heterocycles. The number of ether oxygens (including phenoxy) is 2. The van der Waals surface area contributed by atoms with Gasteiger partial charge < -0.3 is 14.6 Å². The minimum atomic E-state index is -0.838. The fourth-order valence-corrected chi connectivity index (χ4v) is 1.48. The molecule has 0 aliphatic heterocycles. The lowest BCUT2D eigenvalue weighted by molar-refractivity contribution is -0.136. The quantitative estimate of drug-likeness (QED) is 0.790. The molecule has 0 aliphatic carbocycles. The maximum atomic E-state index is 10.6. The van der Waals surface area contributed by atoms with E-state index in [1.165, 1.54) is 0 Å². The minimum absolute atomic E-state index is 0.0175. The van der Waals surface area contributed by atoms with Crippen LogP contribution in [0.1, 0.15) is 18.9 Å². The number of carbonyl (C=O) groups is 1. The average molecular weight is 238 g/mol. The second-order valence-corrected chi connectivity index (χ2v) is 3.93. The molecular weight excluding hydrogens is 220 g/mol. The predicted molar refractivity (Wildman–Crippen MR) is 64.4 cm³/mol. The van der Waals surface area contributed by atoms with E-state index in [4.69, 9.17) is 14.6 Å². The molecule has 0 amide bonds. The number of benzene rings is 1. The summed E-state index contributed by atoms with van der Waals surface area (Å²) in [4.78, 5) is 10.6. The third-order valence-electron chi connectivity index (χ3n) is 2.32. The highest BCUT2D eigenvalue weighted by atomic mass is 16.5. The van der Waals surface area contributed by atoms with E-state index in [-0.39, 0.29) is 12.5 Å². The van der Waals surface area contributed by atoms with Gasteiger partial charge in [0.2, 0.25) is 0 Å². The normalized spacial score (nSPS) is 12.1. The van der Waals surface area contributed by atoms with Gasteiger partial charge in [-0.2, -0.15) is 0 Å². The summed E-state index contributed by atoms with van der Waals surface area (Å²) in [5.74, 6) is -0.137. The van der Waals surface area contributed by atoms with Crippen LogP contribution in [0, 0.1) is 0 Å². The van der Waals surface area contributed by atoms with Crippen LogP contribution in [0.25, 0.3) is 0 Å². The van der Waals surface area contributed by atoms with Crippen molar-refractivity contribution in [3.05, 3.63) is 29.8 Å². The van der Waals surface area contributed by atoms with E-state index in [2.05, 4.69) is 0 Å². The molecule has 0 bridgehead atoms. The van der Waals surface area contributed by atoms with Gasteiger partial charge in [0.15, 0.2) is 0 Å². The van der Waals surface area contributed by atoms with Gasteiger partial charge in [0.25, 0.3) is 0 Å². The Bertz CT molecular complexity index is 362. The predicted octanol–water partition coefficient (Wildman–Crippen LogP) is 2.12. The van der Waals surface area contributed by atoms with Gasteiger partial charge >= 0.3 is 5.97 Å². The number of carboxylic acid groups (broad SMARTS) is 1. The average Bonchev–Trinajstić information content (AvgIpc) is 2.26. The Labute approximate surface area is 101 Å².